The van der Waals surface area contributed by atoms with Crippen LogP contribution >= 0.6 is 0 Å². The molecule has 4 atom stereocenters. The van der Waals surface area contributed by atoms with E-state index in [9.17, 15) is 35.0 Å². The number of nitriles is 4. The average molecular weight is 861 g/mol. The van der Waals surface area contributed by atoms with Crippen molar-refractivity contribution in [1.29, 1.82) is 21.0 Å². The van der Waals surface area contributed by atoms with Crippen LogP contribution in [0.4, 0.5) is 0 Å². The summed E-state index contributed by atoms with van der Waals surface area (Å²) in [4.78, 5) is 42.0. The van der Waals surface area contributed by atoms with Crippen molar-refractivity contribution < 1.29 is 19.2 Å². The summed E-state index contributed by atoms with van der Waals surface area (Å²) in [6.07, 6.45) is 11.2. The maximum Gasteiger partial charge on any atom is 0.120 e. The van der Waals surface area contributed by atoms with Gasteiger partial charge in [-0.3, -0.25) is 0 Å². The second kappa shape index (κ2) is 30.5. The van der Waals surface area contributed by atoms with E-state index in [1.807, 2.05) is 135 Å². The quantitative estimate of drug-likeness (QED) is 0.0705. The predicted molar refractivity (Wildman–Crippen MR) is 256 cm³/mol. The molecule has 0 N–H and O–H groups in total. The first-order valence-electron chi connectivity index (χ1n) is 22.5. The van der Waals surface area contributed by atoms with Gasteiger partial charge in [0.2, 0.25) is 0 Å². The molecule has 0 fully saturated rings. The van der Waals surface area contributed by atoms with E-state index in [2.05, 4.69) is 52.0 Å². The summed E-state index contributed by atoms with van der Waals surface area (Å²) in [7, 11) is 0. The lowest BCUT2D eigenvalue weighted by Crippen LogP contribution is -2.33. The van der Waals surface area contributed by atoms with Crippen LogP contribution < -0.4 is 0 Å². The number of carbonyl (C=O) groups is 4. The first-order chi connectivity index (χ1) is 30.9. The Balaban J connectivity index is 0.000000429. The third kappa shape index (κ3) is 16.7. The standard InChI is InChI=1S/C16H21NO.C15H19NO.C13H15NO.C12H13NO/c1-3-14(4-2)16(13-17,11-8-12-18)15-9-6-5-7-10-15;1-13(2)11-15(12-16,9-6-10-17)14-7-4-3-5-8-14;1-2-13(11-14,9-6-10-15)12-7-4-3-5-8-12;1-12(10-13,8-5-9-14)11-6-3-2-4-7-11/h5-7,9-10,12,14H,3-4,8,11H2,1-2H3;3-5,7-8,10,13H,6,9,11H2,1-2H3;3-5,7-8,10H,2,6,9H2,1H3;2-4,6-7,9H,5,8H2,1H3. The fourth-order valence-electron chi connectivity index (χ4n) is 8.30. The summed E-state index contributed by atoms with van der Waals surface area (Å²) in [6.45, 7) is 12.3. The minimum atomic E-state index is -0.540. The molecule has 0 aliphatic carbocycles. The van der Waals surface area contributed by atoms with Gasteiger partial charge in [-0.15, -0.1) is 0 Å². The van der Waals surface area contributed by atoms with Crippen LogP contribution in [-0.4, -0.2) is 25.1 Å². The van der Waals surface area contributed by atoms with Crippen LogP contribution in [0.1, 0.15) is 141 Å². The Morgan fingerprint density at radius 2 is 0.828 bits per heavy atom. The van der Waals surface area contributed by atoms with Crippen LogP contribution in [0.5, 0.6) is 0 Å². The first kappa shape index (κ1) is 55.5. The molecule has 0 bridgehead atoms. The van der Waals surface area contributed by atoms with Gasteiger partial charge in [0.05, 0.1) is 45.9 Å². The fourth-order valence-corrected chi connectivity index (χ4v) is 8.30. The van der Waals surface area contributed by atoms with E-state index < -0.39 is 21.7 Å². The van der Waals surface area contributed by atoms with Crippen LogP contribution in [-0.2, 0) is 40.8 Å². The minimum Gasteiger partial charge on any atom is -0.303 e. The van der Waals surface area contributed by atoms with E-state index in [1.165, 1.54) is 0 Å². The number of hydrogen-bond acceptors (Lipinski definition) is 8. The highest BCUT2D eigenvalue weighted by Crippen LogP contribution is 2.40. The Kier molecular flexibility index (Phi) is 26.5. The fraction of sp³-hybridized carbons (Fsp3) is 0.429. The Bertz CT molecular complexity index is 2100. The maximum atomic E-state index is 10.7. The van der Waals surface area contributed by atoms with Gasteiger partial charge in [-0.2, -0.15) is 21.0 Å². The normalized spacial score (nSPS) is 13.9. The van der Waals surface area contributed by atoms with Gasteiger partial charge in [0, 0.05) is 25.7 Å². The van der Waals surface area contributed by atoms with Gasteiger partial charge in [0.1, 0.15) is 25.1 Å². The molecule has 0 aromatic heterocycles. The highest BCUT2D eigenvalue weighted by molar-refractivity contribution is 5.52. The van der Waals surface area contributed by atoms with E-state index in [0.717, 1.165) is 73.1 Å². The van der Waals surface area contributed by atoms with E-state index in [1.54, 1.807) is 0 Å². The Labute approximate surface area is 384 Å². The SMILES string of the molecule is CC(C#N)(CCC=O)c1ccccc1.CC(C)CC(C#N)(CCC=O)c1ccccc1.CCC(C#N)(CCC=O)c1ccccc1.CCC(CC)C(C#N)(CCC=O)c1ccccc1. The molecule has 8 heteroatoms. The summed E-state index contributed by atoms with van der Waals surface area (Å²) in [5.41, 5.74) is 1.98. The molecule has 336 valence electrons. The van der Waals surface area contributed by atoms with E-state index in [-0.39, 0.29) is 0 Å². The van der Waals surface area contributed by atoms with Gasteiger partial charge in [-0.1, -0.05) is 169 Å². The zero-order valence-corrected chi connectivity index (χ0v) is 38.9. The van der Waals surface area contributed by atoms with E-state index in [4.69, 9.17) is 5.26 Å². The van der Waals surface area contributed by atoms with Crippen molar-refractivity contribution in [1.82, 2.24) is 0 Å². The molecule has 0 aliphatic rings. The number of benzene rings is 4. The van der Waals surface area contributed by atoms with Crippen molar-refractivity contribution in [3.8, 4) is 24.3 Å². The number of nitrogens with zero attached hydrogens (tertiary/aromatic N) is 4. The highest BCUT2D eigenvalue weighted by atomic mass is 16.1. The third-order valence-electron chi connectivity index (χ3n) is 12.1. The molecule has 0 saturated heterocycles. The number of hydrogen-bond donors (Lipinski definition) is 0. The van der Waals surface area contributed by atoms with Gasteiger partial charge < -0.3 is 19.2 Å². The summed E-state index contributed by atoms with van der Waals surface area (Å²) >= 11 is 0. The monoisotopic (exact) mass is 861 g/mol. The summed E-state index contributed by atoms with van der Waals surface area (Å²) < 4.78 is 0. The second-order valence-electron chi connectivity index (χ2n) is 16.7. The number of carbonyl (C=O) groups excluding carboxylic acids is 4. The third-order valence-corrected chi connectivity index (χ3v) is 12.1. The lowest BCUT2D eigenvalue weighted by Gasteiger charge is -2.34. The Morgan fingerprint density at radius 3 is 1.17 bits per heavy atom. The topological polar surface area (TPSA) is 163 Å². The van der Waals surface area contributed by atoms with Crippen molar-refractivity contribution in [2.75, 3.05) is 0 Å². The number of rotatable bonds is 22. The van der Waals surface area contributed by atoms with Gasteiger partial charge in [0.25, 0.3) is 0 Å². The molecular weight excluding hydrogens is 793 g/mol. The van der Waals surface area contributed by atoms with Gasteiger partial charge in [0.15, 0.2) is 0 Å². The van der Waals surface area contributed by atoms with Crippen LogP contribution in [0.25, 0.3) is 0 Å². The molecule has 0 amide bonds. The van der Waals surface area contributed by atoms with Crippen LogP contribution in [0.15, 0.2) is 121 Å². The summed E-state index contributed by atoms with van der Waals surface area (Å²) in [5, 5.41) is 37.7. The maximum absolute atomic E-state index is 10.7. The molecule has 4 unspecified atom stereocenters. The molecule has 0 aliphatic heterocycles. The molecule has 0 radical (unpaired) electrons. The van der Waals surface area contributed by atoms with Gasteiger partial charge in [-0.25, -0.2) is 0 Å². The van der Waals surface area contributed by atoms with Crippen molar-refractivity contribution in [2.45, 2.75) is 140 Å². The Morgan fingerprint density at radius 1 is 0.469 bits per heavy atom. The van der Waals surface area contributed by atoms with Gasteiger partial charge >= 0.3 is 0 Å². The summed E-state index contributed by atoms with van der Waals surface area (Å²) in [5.74, 6) is 0.728. The first-order valence-corrected chi connectivity index (χ1v) is 22.5. The Hall–Kier alpha value is -6.48. The minimum absolute atomic E-state index is 0.296. The molecule has 4 aromatic carbocycles. The zero-order chi connectivity index (χ0) is 47.7. The molecule has 4 rings (SSSR count). The smallest absolute Gasteiger partial charge is 0.120 e. The number of aldehydes is 4. The molecule has 64 heavy (non-hydrogen) atoms. The molecule has 8 nitrogen and oxygen atoms in total. The van der Waals surface area contributed by atoms with E-state index in [0.29, 0.717) is 63.2 Å². The van der Waals surface area contributed by atoms with Crippen LogP contribution in [0, 0.1) is 57.2 Å². The zero-order valence-electron chi connectivity index (χ0n) is 38.9. The average Bonchev–Trinajstić information content (AvgIpc) is 3.35. The predicted octanol–water partition coefficient (Wildman–Crippen LogP) is 12.6. The van der Waals surface area contributed by atoms with Crippen LogP contribution in [0.2, 0.25) is 0 Å². The molecular formula is C56H68N4O4. The van der Waals surface area contributed by atoms with Gasteiger partial charge in [-0.05, 0) is 79.5 Å². The summed E-state index contributed by atoms with van der Waals surface area (Å²) in [6, 6.07) is 48.6. The lowest BCUT2D eigenvalue weighted by molar-refractivity contribution is -0.108. The second-order valence-corrected chi connectivity index (χ2v) is 16.7. The molecule has 0 saturated carbocycles. The highest BCUT2D eigenvalue weighted by Gasteiger charge is 2.38. The molecule has 0 heterocycles. The van der Waals surface area contributed by atoms with E-state index >= 15 is 0 Å². The van der Waals surface area contributed by atoms with Crippen molar-refractivity contribution in [3.05, 3.63) is 144 Å². The molecule has 0 spiro atoms. The largest absolute Gasteiger partial charge is 0.303 e. The van der Waals surface area contributed by atoms with Crippen LogP contribution in [0.3, 0.4) is 0 Å². The molecule has 4 aromatic rings. The lowest BCUT2D eigenvalue weighted by atomic mass is 9.66. The van der Waals surface area contributed by atoms with Crippen molar-refractivity contribution in [3.63, 3.8) is 0 Å². The van der Waals surface area contributed by atoms with Crippen molar-refractivity contribution in [2.24, 2.45) is 11.8 Å². The van der Waals surface area contributed by atoms with Crippen molar-refractivity contribution >= 4 is 25.1 Å².